The van der Waals surface area contributed by atoms with E-state index in [-0.39, 0.29) is 22.7 Å². The molecule has 2 amide bonds. The Hall–Kier alpha value is -2.97. The highest BCUT2D eigenvalue weighted by molar-refractivity contribution is 7.13. The number of ether oxygens (including phenoxy) is 1. The smallest absolute Gasteiger partial charge is 0.286 e. The number of hydrogen-bond acceptors (Lipinski definition) is 6. The summed E-state index contributed by atoms with van der Waals surface area (Å²) in [6.45, 7) is 3.76. The normalized spacial score (nSPS) is 15.9. The Balaban J connectivity index is 1.40. The number of piperidine rings is 1. The summed E-state index contributed by atoms with van der Waals surface area (Å²) in [5.41, 5.74) is 1.23. The van der Waals surface area contributed by atoms with Gasteiger partial charge in [-0.3, -0.25) is 9.59 Å². The first kappa shape index (κ1) is 22.2. The number of hydrogen-bond donors (Lipinski definition) is 1. The summed E-state index contributed by atoms with van der Waals surface area (Å²) in [7, 11) is 0. The second-order valence-corrected chi connectivity index (χ2v) is 8.90. The summed E-state index contributed by atoms with van der Waals surface area (Å²) in [6.07, 6.45) is 1.77. The monoisotopic (exact) mass is 470 g/mol. The maximum atomic E-state index is 13.0. The zero-order valence-corrected chi connectivity index (χ0v) is 19.2. The molecule has 9 heteroatoms. The van der Waals surface area contributed by atoms with Crippen LogP contribution in [0.1, 0.15) is 50.9 Å². The molecule has 0 aliphatic carbocycles. The number of aromatic nitrogens is 2. The molecule has 0 spiro atoms. The number of anilines is 1. The van der Waals surface area contributed by atoms with E-state index in [1.54, 1.807) is 36.4 Å². The zero-order valence-electron chi connectivity index (χ0n) is 17.6. The van der Waals surface area contributed by atoms with Crippen LogP contribution in [0, 0.1) is 0 Å². The number of nitrogens with one attached hydrogen (secondary N) is 1. The minimum absolute atomic E-state index is 0.0128. The fourth-order valence-electron chi connectivity index (χ4n) is 3.65. The third kappa shape index (κ3) is 5.26. The SMILES string of the molecule is CCOc1ccc(C(=O)N2CCC[C@H](c3nnc(C(=O)Nc4cccc(Cl)c4)s3)C2)cc1. The molecule has 1 saturated heterocycles. The van der Waals surface area contributed by atoms with Crippen molar-refractivity contribution in [3.8, 4) is 5.75 Å². The predicted octanol–water partition coefficient (Wildman–Crippen LogP) is 4.86. The number of amides is 2. The van der Waals surface area contributed by atoms with E-state index >= 15 is 0 Å². The third-order valence-corrected chi connectivity index (χ3v) is 6.51. The maximum Gasteiger partial charge on any atom is 0.286 e. The average molecular weight is 471 g/mol. The van der Waals surface area contributed by atoms with Crippen molar-refractivity contribution in [3.63, 3.8) is 0 Å². The molecule has 166 valence electrons. The van der Waals surface area contributed by atoms with Gasteiger partial charge in [0.1, 0.15) is 10.8 Å². The molecule has 1 fully saturated rings. The molecule has 1 aliphatic rings. The van der Waals surface area contributed by atoms with E-state index in [2.05, 4.69) is 15.5 Å². The molecule has 0 unspecified atom stereocenters. The minimum Gasteiger partial charge on any atom is -0.494 e. The number of carbonyl (C=O) groups excluding carboxylic acids is 2. The first-order valence-corrected chi connectivity index (χ1v) is 11.7. The molecule has 0 saturated carbocycles. The van der Waals surface area contributed by atoms with Crippen LogP contribution in [0.5, 0.6) is 5.75 Å². The van der Waals surface area contributed by atoms with E-state index in [0.29, 0.717) is 36.0 Å². The van der Waals surface area contributed by atoms with Crippen molar-refractivity contribution in [2.45, 2.75) is 25.7 Å². The summed E-state index contributed by atoms with van der Waals surface area (Å²) in [5, 5.41) is 12.7. The second-order valence-electron chi connectivity index (χ2n) is 7.46. The summed E-state index contributed by atoms with van der Waals surface area (Å²) < 4.78 is 5.45. The van der Waals surface area contributed by atoms with Crippen LogP contribution < -0.4 is 10.1 Å². The molecule has 0 radical (unpaired) electrons. The molecule has 2 heterocycles. The van der Waals surface area contributed by atoms with Gasteiger partial charge in [0.2, 0.25) is 5.01 Å². The fraction of sp³-hybridized carbons (Fsp3) is 0.304. The predicted molar refractivity (Wildman–Crippen MR) is 125 cm³/mol. The van der Waals surface area contributed by atoms with Crippen molar-refractivity contribution in [1.29, 1.82) is 0 Å². The lowest BCUT2D eigenvalue weighted by Gasteiger charge is -2.31. The van der Waals surface area contributed by atoms with E-state index in [4.69, 9.17) is 16.3 Å². The first-order chi connectivity index (χ1) is 15.5. The second kappa shape index (κ2) is 10.1. The number of rotatable bonds is 6. The van der Waals surface area contributed by atoms with Crippen LogP contribution in [-0.2, 0) is 0 Å². The zero-order chi connectivity index (χ0) is 22.5. The summed E-state index contributed by atoms with van der Waals surface area (Å²) in [5.74, 6) is 0.467. The van der Waals surface area contributed by atoms with E-state index in [1.165, 1.54) is 11.3 Å². The standard InChI is InChI=1S/C23H23ClN4O3S/c1-2-31-19-10-8-15(9-11-19)23(30)28-12-4-5-16(14-28)21-26-27-22(32-21)20(29)25-18-7-3-6-17(24)13-18/h3,6-11,13,16H,2,4-5,12,14H2,1H3,(H,25,29)/t16-/m0/s1. The summed E-state index contributed by atoms with van der Waals surface area (Å²) in [6, 6.07) is 14.1. The van der Waals surface area contributed by atoms with Gasteiger partial charge in [-0.15, -0.1) is 10.2 Å². The number of benzene rings is 2. The van der Waals surface area contributed by atoms with Crippen LogP contribution in [0.15, 0.2) is 48.5 Å². The largest absolute Gasteiger partial charge is 0.494 e. The quantitative estimate of drug-likeness (QED) is 0.556. The van der Waals surface area contributed by atoms with Gasteiger partial charge < -0.3 is 15.0 Å². The topological polar surface area (TPSA) is 84.4 Å². The molecule has 1 N–H and O–H groups in total. The number of carbonyl (C=O) groups is 2. The van der Waals surface area contributed by atoms with E-state index in [0.717, 1.165) is 23.6 Å². The lowest BCUT2D eigenvalue weighted by Crippen LogP contribution is -2.39. The molecule has 1 aliphatic heterocycles. The van der Waals surface area contributed by atoms with Crippen LogP contribution in [0.25, 0.3) is 0 Å². The Labute approximate surface area is 195 Å². The number of likely N-dealkylation sites (tertiary alicyclic amines) is 1. The van der Waals surface area contributed by atoms with Gasteiger partial charge in [0.15, 0.2) is 0 Å². The van der Waals surface area contributed by atoms with Crippen molar-refractivity contribution in [2.24, 2.45) is 0 Å². The highest BCUT2D eigenvalue weighted by Gasteiger charge is 2.28. The van der Waals surface area contributed by atoms with Crippen molar-refractivity contribution < 1.29 is 14.3 Å². The van der Waals surface area contributed by atoms with Gasteiger partial charge in [-0.2, -0.15) is 0 Å². The molecule has 7 nitrogen and oxygen atoms in total. The van der Waals surface area contributed by atoms with Crippen LogP contribution in [-0.4, -0.2) is 46.6 Å². The molecular formula is C23H23ClN4O3S. The van der Waals surface area contributed by atoms with Gasteiger partial charge in [-0.25, -0.2) is 0 Å². The number of nitrogens with zero attached hydrogens (tertiary/aromatic N) is 3. The van der Waals surface area contributed by atoms with Crippen LogP contribution in [0.3, 0.4) is 0 Å². The molecule has 3 aromatic rings. The Morgan fingerprint density at radius 3 is 2.78 bits per heavy atom. The van der Waals surface area contributed by atoms with Gasteiger partial charge in [0.05, 0.1) is 6.61 Å². The molecular weight excluding hydrogens is 448 g/mol. The summed E-state index contributed by atoms with van der Waals surface area (Å²) >= 11 is 7.24. The summed E-state index contributed by atoms with van der Waals surface area (Å²) in [4.78, 5) is 27.3. The fourth-order valence-corrected chi connectivity index (χ4v) is 4.70. The van der Waals surface area contributed by atoms with Crippen molar-refractivity contribution in [2.75, 3.05) is 25.0 Å². The van der Waals surface area contributed by atoms with Crippen molar-refractivity contribution in [1.82, 2.24) is 15.1 Å². The van der Waals surface area contributed by atoms with Crippen LogP contribution in [0.2, 0.25) is 5.02 Å². The molecule has 1 aromatic heterocycles. The Kier molecular flexibility index (Phi) is 7.02. The average Bonchev–Trinajstić information content (AvgIpc) is 3.30. The molecule has 0 bridgehead atoms. The molecule has 2 aromatic carbocycles. The van der Waals surface area contributed by atoms with Crippen LogP contribution >= 0.6 is 22.9 Å². The minimum atomic E-state index is -0.325. The van der Waals surface area contributed by atoms with Gasteiger partial charge in [-0.1, -0.05) is 29.0 Å². The maximum absolute atomic E-state index is 13.0. The molecule has 4 rings (SSSR count). The van der Waals surface area contributed by atoms with Crippen molar-refractivity contribution in [3.05, 3.63) is 69.1 Å². The highest BCUT2D eigenvalue weighted by Crippen LogP contribution is 2.30. The Bertz CT molecular complexity index is 1100. The van der Waals surface area contributed by atoms with E-state index in [1.807, 2.05) is 24.0 Å². The Morgan fingerprint density at radius 2 is 2.03 bits per heavy atom. The molecule has 1 atom stereocenters. The molecule has 32 heavy (non-hydrogen) atoms. The van der Waals surface area contributed by atoms with Crippen LogP contribution in [0.4, 0.5) is 5.69 Å². The number of halogens is 1. The van der Waals surface area contributed by atoms with Gasteiger partial charge in [0.25, 0.3) is 11.8 Å². The first-order valence-electron chi connectivity index (χ1n) is 10.5. The lowest BCUT2D eigenvalue weighted by atomic mass is 9.98. The highest BCUT2D eigenvalue weighted by atomic mass is 35.5. The third-order valence-electron chi connectivity index (χ3n) is 5.19. The Morgan fingerprint density at radius 1 is 1.22 bits per heavy atom. The van der Waals surface area contributed by atoms with Crippen molar-refractivity contribution >= 4 is 40.4 Å². The van der Waals surface area contributed by atoms with Gasteiger partial charge >= 0.3 is 0 Å². The van der Waals surface area contributed by atoms with E-state index < -0.39 is 0 Å². The van der Waals surface area contributed by atoms with E-state index in [9.17, 15) is 9.59 Å². The van der Waals surface area contributed by atoms with Gasteiger partial charge in [0, 0.05) is 35.3 Å². The lowest BCUT2D eigenvalue weighted by molar-refractivity contribution is 0.0706. The van der Waals surface area contributed by atoms with Gasteiger partial charge in [-0.05, 0) is 62.2 Å².